The van der Waals surface area contributed by atoms with E-state index in [2.05, 4.69) is 4.98 Å². The molecule has 1 aromatic heterocycles. The number of rotatable bonds is 3. The van der Waals surface area contributed by atoms with E-state index in [0.29, 0.717) is 25.9 Å². The first kappa shape index (κ1) is 17.5. The van der Waals surface area contributed by atoms with Crippen LogP contribution in [0, 0.1) is 11.6 Å². The summed E-state index contributed by atoms with van der Waals surface area (Å²) in [5.74, 6) is -2.00. The number of halogens is 2. The van der Waals surface area contributed by atoms with E-state index in [1.54, 1.807) is 11.3 Å². The molecular weight excluding hydrogens is 378 g/mol. The summed E-state index contributed by atoms with van der Waals surface area (Å²) in [6, 6.07) is 10.6. The molecule has 0 amide bonds. The second kappa shape index (κ2) is 6.68. The molecule has 0 N–H and O–H groups in total. The number of piperidine rings is 1. The summed E-state index contributed by atoms with van der Waals surface area (Å²) < 4.78 is 54.2. The van der Waals surface area contributed by atoms with Gasteiger partial charge in [-0.3, -0.25) is 0 Å². The number of hydrogen-bond acceptors (Lipinski definition) is 4. The van der Waals surface area contributed by atoms with Gasteiger partial charge in [0.1, 0.15) is 0 Å². The van der Waals surface area contributed by atoms with Crippen LogP contribution in [0.4, 0.5) is 8.78 Å². The predicted molar refractivity (Wildman–Crippen MR) is 96.7 cm³/mol. The Balaban J connectivity index is 1.51. The molecule has 2 aromatic carbocycles. The molecule has 1 saturated heterocycles. The molecule has 0 unspecified atom stereocenters. The molecule has 1 fully saturated rings. The Bertz CT molecular complexity index is 1020. The number of fused-ring (bicyclic) bond motifs is 1. The van der Waals surface area contributed by atoms with Gasteiger partial charge in [0, 0.05) is 19.0 Å². The van der Waals surface area contributed by atoms with Gasteiger partial charge in [-0.1, -0.05) is 12.1 Å². The first-order valence-corrected chi connectivity index (χ1v) is 10.5. The lowest BCUT2D eigenvalue weighted by Crippen LogP contribution is -2.37. The Morgan fingerprint density at radius 2 is 1.77 bits per heavy atom. The van der Waals surface area contributed by atoms with Crippen LogP contribution in [0.2, 0.25) is 0 Å². The maximum absolute atomic E-state index is 13.4. The molecule has 4 rings (SSSR count). The quantitative estimate of drug-likeness (QED) is 0.671. The first-order chi connectivity index (χ1) is 12.4. The summed E-state index contributed by atoms with van der Waals surface area (Å²) in [7, 11) is -3.82. The van der Waals surface area contributed by atoms with Crippen LogP contribution < -0.4 is 0 Å². The van der Waals surface area contributed by atoms with E-state index in [-0.39, 0.29) is 10.8 Å². The number of benzene rings is 2. The van der Waals surface area contributed by atoms with E-state index in [9.17, 15) is 17.2 Å². The molecule has 0 spiro atoms. The second-order valence-corrected chi connectivity index (χ2v) is 9.27. The predicted octanol–water partition coefficient (Wildman–Crippen LogP) is 4.14. The molecule has 0 aliphatic carbocycles. The van der Waals surface area contributed by atoms with Crippen molar-refractivity contribution in [3.63, 3.8) is 0 Å². The zero-order valence-corrected chi connectivity index (χ0v) is 15.4. The van der Waals surface area contributed by atoms with E-state index in [1.807, 2.05) is 24.3 Å². The SMILES string of the molecule is O=S(=O)(c1ccc(F)c(F)c1)N1CCC(c2nc3ccccc3s2)CC1. The highest BCUT2D eigenvalue weighted by Crippen LogP contribution is 2.35. The van der Waals surface area contributed by atoms with Crippen LogP contribution in [0.1, 0.15) is 23.8 Å². The molecule has 0 bridgehead atoms. The maximum atomic E-state index is 13.4. The van der Waals surface area contributed by atoms with Gasteiger partial charge in [0.15, 0.2) is 11.6 Å². The van der Waals surface area contributed by atoms with Crippen LogP contribution in [0.15, 0.2) is 47.4 Å². The summed E-state index contributed by atoms with van der Waals surface area (Å²) in [5.41, 5.74) is 0.962. The third-order valence-corrected chi connectivity index (χ3v) is 7.74. The number of nitrogens with zero attached hydrogens (tertiary/aromatic N) is 2. The number of para-hydroxylation sites is 1. The summed E-state index contributed by atoms with van der Waals surface area (Å²) in [4.78, 5) is 4.45. The van der Waals surface area contributed by atoms with E-state index in [0.717, 1.165) is 33.4 Å². The normalized spacial score (nSPS) is 17.0. The molecule has 136 valence electrons. The number of aromatic nitrogens is 1. The Morgan fingerprint density at radius 3 is 2.46 bits per heavy atom. The van der Waals surface area contributed by atoms with Crippen molar-refractivity contribution in [2.24, 2.45) is 0 Å². The van der Waals surface area contributed by atoms with E-state index in [4.69, 9.17) is 0 Å². The molecule has 0 radical (unpaired) electrons. The lowest BCUT2D eigenvalue weighted by molar-refractivity contribution is 0.319. The molecule has 1 aliphatic rings. The van der Waals surface area contributed by atoms with Gasteiger partial charge >= 0.3 is 0 Å². The van der Waals surface area contributed by atoms with Crippen LogP contribution in [0.3, 0.4) is 0 Å². The molecule has 2 heterocycles. The summed E-state index contributed by atoms with van der Waals surface area (Å²) in [5, 5.41) is 1.02. The van der Waals surface area contributed by atoms with E-state index >= 15 is 0 Å². The van der Waals surface area contributed by atoms with Crippen LogP contribution in [0.25, 0.3) is 10.2 Å². The number of sulfonamides is 1. The highest BCUT2D eigenvalue weighted by atomic mass is 32.2. The maximum Gasteiger partial charge on any atom is 0.243 e. The second-order valence-electron chi connectivity index (χ2n) is 6.27. The minimum atomic E-state index is -3.82. The van der Waals surface area contributed by atoms with Crippen molar-refractivity contribution in [1.29, 1.82) is 0 Å². The lowest BCUT2D eigenvalue weighted by Gasteiger charge is -2.30. The average molecular weight is 394 g/mol. The Hall–Kier alpha value is -1.90. The largest absolute Gasteiger partial charge is 0.243 e. The van der Waals surface area contributed by atoms with Crippen molar-refractivity contribution in [2.45, 2.75) is 23.7 Å². The Labute approximate surface area is 154 Å². The van der Waals surface area contributed by atoms with Crippen LogP contribution in [-0.2, 0) is 10.0 Å². The fourth-order valence-electron chi connectivity index (χ4n) is 3.19. The molecule has 8 heteroatoms. The third-order valence-electron chi connectivity index (χ3n) is 4.64. The van der Waals surface area contributed by atoms with Gasteiger partial charge in [0.05, 0.1) is 20.1 Å². The minimum Gasteiger partial charge on any atom is -0.241 e. The van der Waals surface area contributed by atoms with Crippen molar-refractivity contribution >= 4 is 31.6 Å². The summed E-state index contributed by atoms with van der Waals surface area (Å²) in [6.07, 6.45) is 1.31. The van der Waals surface area contributed by atoms with Crippen molar-refractivity contribution in [3.8, 4) is 0 Å². The van der Waals surface area contributed by atoms with Crippen LogP contribution in [0.5, 0.6) is 0 Å². The topological polar surface area (TPSA) is 50.3 Å². The fourth-order valence-corrected chi connectivity index (χ4v) is 5.81. The minimum absolute atomic E-state index is 0.212. The smallest absolute Gasteiger partial charge is 0.241 e. The number of thiazole rings is 1. The highest BCUT2D eigenvalue weighted by Gasteiger charge is 2.31. The van der Waals surface area contributed by atoms with Gasteiger partial charge in [-0.2, -0.15) is 4.31 Å². The van der Waals surface area contributed by atoms with E-state index in [1.165, 1.54) is 4.31 Å². The molecule has 4 nitrogen and oxygen atoms in total. The third kappa shape index (κ3) is 3.13. The van der Waals surface area contributed by atoms with Crippen molar-refractivity contribution < 1.29 is 17.2 Å². The molecule has 3 aromatic rings. The monoisotopic (exact) mass is 394 g/mol. The van der Waals surface area contributed by atoms with Crippen LogP contribution >= 0.6 is 11.3 Å². The average Bonchev–Trinajstić information content (AvgIpc) is 3.08. The zero-order chi connectivity index (χ0) is 18.3. The molecule has 0 saturated carbocycles. The van der Waals surface area contributed by atoms with E-state index < -0.39 is 21.7 Å². The molecule has 0 atom stereocenters. The Morgan fingerprint density at radius 1 is 1.04 bits per heavy atom. The standard InChI is InChI=1S/C18H16F2N2O2S2/c19-14-6-5-13(11-15(14)20)26(23,24)22-9-7-12(8-10-22)18-21-16-3-1-2-4-17(16)25-18/h1-6,11-12H,7-10H2. The fraction of sp³-hybridized carbons (Fsp3) is 0.278. The molecular formula is C18H16F2N2O2S2. The summed E-state index contributed by atoms with van der Waals surface area (Å²) >= 11 is 1.64. The lowest BCUT2D eigenvalue weighted by atomic mass is 9.99. The Kier molecular flexibility index (Phi) is 4.50. The highest BCUT2D eigenvalue weighted by molar-refractivity contribution is 7.89. The molecule has 26 heavy (non-hydrogen) atoms. The van der Waals surface area contributed by atoms with Crippen molar-refractivity contribution in [3.05, 3.63) is 59.1 Å². The van der Waals surface area contributed by atoms with Gasteiger partial charge < -0.3 is 0 Å². The number of hydrogen-bond donors (Lipinski definition) is 0. The summed E-state index contributed by atoms with van der Waals surface area (Å²) in [6.45, 7) is 0.670. The van der Waals surface area contributed by atoms with Gasteiger partial charge in [-0.05, 0) is 43.2 Å². The van der Waals surface area contributed by atoms with Gasteiger partial charge in [-0.25, -0.2) is 22.2 Å². The molecule has 1 aliphatic heterocycles. The van der Waals surface area contributed by atoms with Crippen molar-refractivity contribution in [1.82, 2.24) is 9.29 Å². The zero-order valence-electron chi connectivity index (χ0n) is 13.7. The van der Waals surface area contributed by atoms with Gasteiger partial charge in [0.2, 0.25) is 10.0 Å². The first-order valence-electron chi connectivity index (χ1n) is 8.26. The van der Waals surface area contributed by atoms with Crippen molar-refractivity contribution in [2.75, 3.05) is 13.1 Å². The van der Waals surface area contributed by atoms with Crippen LogP contribution in [-0.4, -0.2) is 30.8 Å². The van der Waals surface area contributed by atoms with Gasteiger partial charge in [0.25, 0.3) is 0 Å². The van der Waals surface area contributed by atoms with Gasteiger partial charge in [-0.15, -0.1) is 11.3 Å².